The predicted molar refractivity (Wildman–Crippen MR) is 82.2 cm³/mol. The molecule has 1 aromatic carbocycles. The Kier molecular flexibility index (Phi) is 8.38. The van der Waals surface area contributed by atoms with Crippen LogP contribution in [-0.4, -0.2) is 60.5 Å². The fourth-order valence-electron chi connectivity index (χ4n) is 1.61. The van der Waals surface area contributed by atoms with E-state index in [2.05, 4.69) is 4.74 Å². The molecule has 0 aliphatic rings. The number of carbonyl (C=O) groups excluding carboxylic acids is 2. The lowest BCUT2D eigenvalue weighted by Crippen LogP contribution is -2.16. The molecule has 25 heavy (non-hydrogen) atoms. The van der Waals surface area contributed by atoms with Gasteiger partial charge >= 0.3 is 23.9 Å². The summed E-state index contributed by atoms with van der Waals surface area (Å²) >= 11 is 0. The van der Waals surface area contributed by atoms with Gasteiger partial charge in [0.05, 0.1) is 24.3 Å². The molecule has 0 atom stereocenters. The number of hydrogen-bond donors (Lipinski definition) is 2. The maximum Gasteiger partial charge on any atom is 0.339 e. The molecule has 0 bridgehead atoms. The Bertz CT molecular complexity index is 663. The van der Waals surface area contributed by atoms with E-state index in [0.717, 1.165) is 6.08 Å². The van der Waals surface area contributed by atoms with Crippen LogP contribution in [0.1, 0.15) is 20.7 Å². The van der Waals surface area contributed by atoms with Crippen molar-refractivity contribution in [3.8, 4) is 0 Å². The summed E-state index contributed by atoms with van der Waals surface area (Å²) in [5.74, 6) is -4.10. The van der Waals surface area contributed by atoms with Crippen LogP contribution in [0, 0.1) is 0 Å². The molecule has 0 spiro atoms. The first kappa shape index (κ1) is 19.8. The third-order valence-electron chi connectivity index (χ3n) is 2.67. The smallest absolute Gasteiger partial charge is 0.339 e. The summed E-state index contributed by atoms with van der Waals surface area (Å²) < 4.78 is 14.6. The lowest BCUT2D eigenvalue weighted by molar-refractivity contribution is -0.140. The van der Waals surface area contributed by atoms with Crippen molar-refractivity contribution in [3.63, 3.8) is 0 Å². The van der Waals surface area contributed by atoms with E-state index in [0.29, 0.717) is 6.08 Å². The zero-order valence-electron chi connectivity index (χ0n) is 13.0. The third-order valence-corrected chi connectivity index (χ3v) is 2.67. The van der Waals surface area contributed by atoms with Crippen LogP contribution in [0.25, 0.3) is 0 Å². The highest BCUT2D eigenvalue weighted by Gasteiger charge is 2.16. The number of hydrogen-bond acceptors (Lipinski definition) is 7. The summed E-state index contributed by atoms with van der Waals surface area (Å²) in [5, 5.41) is 17.3. The van der Waals surface area contributed by atoms with E-state index in [-0.39, 0.29) is 37.6 Å². The topological polar surface area (TPSA) is 136 Å². The van der Waals surface area contributed by atoms with E-state index < -0.39 is 23.9 Å². The number of carboxylic acids is 2. The van der Waals surface area contributed by atoms with Crippen LogP contribution in [0.3, 0.4) is 0 Å². The van der Waals surface area contributed by atoms with Gasteiger partial charge in [-0.15, -0.1) is 0 Å². The molecule has 9 nitrogen and oxygen atoms in total. The molecule has 0 fully saturated rings. The van der Waals surface area contributed by atoms with E-state index in [9.17, 15) is 19.2 Å². The number of ether oxygens (including phenoxy) is 3. The molecule has 0 amide bonds. The van der Waals surface area contributed by atoms with Crippen LogP contribution in [0.5, 0.6) is 0 Å². The highest BCUT2D eigenvalue weighted by Crippen LogP contribution is 2.10. The number of rotatable bonds is 10. The van der Waals surface area contributed by atoms with Gasteiger partial charge in [-0.05, 0) is 12.1 Å². The zero-order valence-corrected chi connectivity index (χ0v) is 13.0. The Balaban J connectivity index is 2.22. The van der Waals surface area contributed by atoms with Crippen molar-refractivity contribution >= 4 is 23.9 Å². The maximum atomic E-state index is 11.8. The standard InChI is InChI=1S/C16H16O9/c17-13(18)5-6-14(19)24-9-7-23-8-10-25-16(22)12-4-2-1-3-11(12)15(20)21/h1-6H,7-10H2,(H,17,18)(H,20,21)/b6-5-. The van der Waals surface area contributed by atoms with Gasteiger partial charge in [0.1, 0.15) is 13.2 Å². The first-order valence-electron chi connectivity index (χ1n) is 7.06. The Morgan fingerprint density at radius 2 is 1.44 bits per heavy atom. The van der Waals surface area contributed by atoms with E-state index in [1.165, 1.54) is 24.3 Å². The number of carboxylic acid groups (broad SMARTS) is 2. The van der Waals surface area contributed by atoms with Crippen molar-refractivity contribution in [3.05, 3.63) is 47.5 Å². The van der Waals surface area contributed by atoms with Crippen molar-refractivity contribution in [1.82, 2.24) is 0 Å². The van der Waals surface area contributed by atoms with E-state index >= 15 is 0 Å². The number of aromatic carboxylic acids is 1. The SMILES string of the molecule is O=C(O)/C=C\C(=O)OCCOCCOC(=O)c1ccccc1C(=O)O. The number of aliphatic carboxylic acids is 1. The van der Waals surface area contributed by atoms with Gasteiger partial charge < -0.3 is 24.4 Å². The molecule has 0 aliphatic heterocycles. The van der Waals surface area contributed by atoms with Gasteiger partial charge in [-0.25, -0.2) is 19.2 Å². The highest BCUT2D eigenvalue weighted by atomic mass is 16.6. The van der Waals surface area contributed by atoms with Gasteiger partial charge in [-0.2, -0.15) is 0 Å². The van der Waals surface area contributed by atoms with E-state index in [1.54, 1.807) is 0 Å². The Morgan fingerprint density at radius 1 is 0.840 bits per heavy atom. The van der Waals surface area contributed by atoms with Crippen molar-refractivity contribution in [2.75, 3.05) is 26.4 Å². The molecule has 2 N–H and O–H groups in total. The number of benzene rings is 1. The van der Waals surface area contributed by atoms with Crippen LogP contribution < -0.4 is 0 Å². The maximum absolute atomic E-state index is 11.8. The van der Waals surface area contributed by atoms with Gasteiger partial charge in [0, 0.05) is 12.2 Å². The van der Waals surface area contributed by atoms with Crippen molar-refractivity contribution in [2.45, 2.75) is 0 Å². The van der Waals surface area contributed by atoms with E-state index in [4.69, 9.17) is 19.7 Å². The Labute approximate surface area is 142 Å². The normalized spacial score (nSPS) is 10.4. The van der Waals surface area contributed by atoms with Crippen LogP contribution in [-0.2, 0) is 23.8 Å². The summed E-state index contributed by atoms with van der Waals surface area (Å²) in [6, 6.07) is 5.66. The number of carbonyl (C=O) groups is 4. The lowest BCUT2D eigenvalue weighted by Gasteiger charge is -2.08. The Morgan fingerprint density at radius 3 is 2.04 bits per heavy atom. The quantitative estimate of drug-likeness (QED) is 0.355. The lowest BCUT2D eigenvalue weighted by atomic mass is 10.1. The monoisotopic (exact) mass is 352 g/mol. The second-order valence-corrected chi connectivity index (χ2v) is 4.44. The van der Waals surface area contributed by atoms with Gasteiger partial charge in [0.15, 0.2) is 0 Å². The minimum atomic E-state index is -1.26. The minimum Gasteiger partial charge on any atom is -0.478 e. The van der Waals surface area contributed by atoms with Crippen molar-refractivity contribution in [2.24, 2.45) is 0 Å². The number of esters is 2. The van der Waals surface area contributed by atoms with Gasteiger partial charge in [0.25, 0.3) is 0 Å². The molecule has 0 heterocycles. The molecule has 1 rings (SSSR count). The molecule has 0 saturated carbocycles. The Hall–Kier alpha value is -3.20. The first-order chi connectivity index (χ1) is 11.9. The molecular weight excluding hydrogens is 336 g/mol. The summed E-state index contributed by atoms with van der Waals surface area (Å²) in [7, 11) is 0. The first-order valence-corrected chi connectivity index (χ1v) is 7.06. The van der Waals surface area contributed by atoms with Gasteiger partial charge in [0.2, 0.25) is 0 Å². The fraction of sp³-hybridized carbons (Fsp3) is 0.250. The van der Waals surface area contributed by atoms with Crippen molar-refractivity contribution in [1.29, 1.82) is 0 Å². The van der Waals surface area contributed by atoms with Crippen molar-refractivity contribution < 1.29 is 43.6 Å². The van der Waals surface area contributed by atoms with Gasteiger partial charge in [-0.1, -0.05) is 12.1 Å². The second-order valence-electron chi connectivity index (χ2n) is 4.44. The third kappa shape index (κ3) is 7.75. The highest BCUT2D eigenvalue weighted by molar-refractivity contribution is 6.02. The summed E-state index contributed by atoms with van der Waals surface area (Å²) in [5.41, 5.74) is -0.219. The average Bonchev–Trinajstić information content (AvgIpc) is 2.58. The minimum absolute atomic E-state index is 0.0174. The molecule has 0 saturated heterocycles. The van der Waals surface area contributed by atoms with Crippen LogP contribution in [0.2, 0.25) is 0 Å². The van der Waals surface area contributed by atoms with E-state index in [1.807, 2.05) is 0 Å². The molecule has 9 heteroatoms. The largest absolute Gasteiger partial charge is 0.478 e. The average molecular weight is 352 g/mol. The van der Waals surface area contributed by atoms with Crippen LogP contribution in [0.4, 0.5) is 0 Å². The second kappa shape index (κ2) is 10.6. The summed E-state index contributed by atoms with van der Waals surface area (Å²) in [4.78, 5) is 44.0. The van der Waals surface area contributed by atoms with Crippen LogP contribution >= 0.6 is 0 Å². The van der Waals surface area contributed by atoms with Gasteiger partial charge in [-0.3, -0.25) is 0 Å². The molecule has 0 aromatic heterocycles. The zero-order chi connectivity index (χ0) is 18.7. The molecule has 1 aromatic rings. The molecular formula is C16H16O9. The predicted octanol–water partition coefficient (Wildman–Crippen LogP) is 0.742. The summed E-state index contributed by atoms with van der Waals surface area (Å²) in [6.07, 6.45) is 1.42. The molecule has 134 valence electrons. The molecule has 0 radical (unpaired) electrons. The fourth-order valence-corrected chi connectivity index (χ4v) is 1.61. The summed E-state index contributed by atoms with van der Waals surface area (Å²) in [6.45, 7) is -0.169. The molecule has 0 aliphatic carbocycles. The molecule has 0 unspecified atom stereocenters. The van der Waals surface area contributed by atoms with Crippen LogP contribution in [0.15, 0.2) is 36.4 Å².